The Morgan fingerprint density at radius 2 is 1.74 bits per heavy atom. The second-order valence-electron chi connectivity index (χ2n) is 8.08. The number of nitrogens with zero attached hydrogens (tertiary/aromatic N) is 2. The summed E-state index contributed by atoms with van der Waals surface area (Å²) in [6, 6.07) is 19.7. The van der Waals surface area contributed by atoms with Crippen molar-refractivity contribution >= 4 is 22.5 Å². The maximum absolute atomic E-state index is 13.8. The Morgan fingerprint density at radius 3 is 2.53 bits per heavy atom. The Bertz CT molecular complexity index is 1380. The van der Waals surface area contributed by atoms with E-state index in [9.17, 15) is 4.79 Å². The predicted molar refractivity (Wildman–Crippen MR) is 133 cm³/mol. The second kappa shape index (κ2) is 9.06. The summed E-state index contributed by atoms with van der Waals surface area (Å²) in [4.78, 5) is 20.3. The zero-order chi connectivity index (χ0) is 23.7. The molecule has 2 heterocycles. The van der Waals surface area contributed by atoms with Crippen LogP contribution in [0.3, 0.4) is 0 Å². The molecule has 3 aromatic carbocycles. The summed E-state index contributed by atoms with van der Waals surface area (Å²) in [5.41, 5.74) is 3.57. The van der Waals surface area contributed by atoms with E-state index < -0.39 is 0 Å². The van der Waals surface area contributed by atoms with Gasteiger partial charge < -0.3 is 14.2 Å². The summed E-state index contributed by atoms with van der Waals surface area (Å²) in [6.07, 6.45) is 2.54. The van der Waals surface area contributed by atoms with E-state index in [2.05, 4.69) is 6.07 Å². The van der Waals surface area contributed by atoms with E-state index in [1.54, 1.807) is 25.3 Å². The third-order valence-corrected chi connectivity index (χ3v) is 6.17. The highest BCUT2D eigenvalue weighted by Gasteiger charge is 2.30. The van der Waals surface area contributed by atoms with Gasteiger partial charge in [0, 0.05) is 18.3 Å². The quantitative estimate of drug-likeness (QED) is 0.384. The Balaban J connectivity index is 1.52. The average molecular weight is 455 g/mol. The summed E-state index contributed by atoms with van der Waals surface area (Å²) in [5, 5.41) is 1.89. The number of hydrogen-bond acceptors (Lipinski definition) is 5. The molecule has 0 N–H and O–H groups in total. The third kappa shape index (κ3) is 3.71. The number of anilines is 1. The topological polar surface area (TPSA) is 60.9 Å². The van der Waals surface area contributed by atoms with Crippen LogP contribution >= 0.6 is 0 Å². The van der Waals surface area contributed by atoms with Crippen molar-refractivity contribution in [1.82, 2.24) is 4.98 Å². The molecule has 0 aliphatic carbocycles. The summed E-state index contributed by atoms with van der Waals surface area (Å²) in [7, 11) is 3.24. The van der Waals surface area contributed by atoms with Gasteiger partial charge in [-0.05, 0) is 59.5 Å². The van der Waals surface area contributed by atoms with Crippen molar-refractivity contribution in [3.8, 4) is 28.4 Å². The van der Waals surface area contributed by atoms with Crippen molar-refractivity contribution in [3.05, 3.63) is 78.0 Å². The van der Waals surface area contributed by atoms with Gasteiger partial charge in [0.1, 0.15) is 11.6 Å². The zero-order valence-electron chi connectivity index (χ0n) is 19.5. The van der Waals surface area contributed by atoms with Gasteiger partial charge in [-0.1, -0.05) is 36.4 Å². The number of ether oxygens (including phenoxy) is 3. The van der Waals surface area contributed by atoms with Crippen molar-refractivity contribution in [2.75, 3.05) is 32.3 Å². The molecular formula is C28H26N2O4. The number of pyridine rings is 1. The Kier molecular flexibility index (Phi) is 5.80. The van der Waals surface area contributed by atoms with Crippen LogP contribution in [0.4, 0.5) is 5.82 Å². The summed E-state index contributed by atoms with van der Waals surface area (Å²) in [6.45, 7) is 2.99. The molecule has 0 fully saturated rings. The first kappa shape index (κ1) is 21.8. The van der Waals surface area contributed by atoms with Crippen LogP contribution in [-0.4, -0.2) is 38.3 Å². The highest BCUT2D eigenvalue weighted by atomic mass is 16.5. The van der Waals surface area contributed by atoms with Crippen LogP contribution in [0.15, 0.2) is 66.9 Å². The lowest BCUT2D eigenvalue weighted by Gasteiger charge is -2.20. The van der Waals surface area contributed by atoms with Gasteiger partial charge in [0.15, 0.2) is 11.5 Å². The minimum absolute atomic E-state index is 0.0923. The number of methoxy groups -OCH3 is 2. The van der Waals surface area contributed by atoms with Gasteiger partial charge in [0.2, 0.25) is 0 Å². The molecule has 0 atom stereocenters. The number of carbonyl (C=O) groups is 1. The highest BCUT2D eigenvalue weighted by molar-refractivity contribution is 6.16. The molecule has 6 heteroatoms. The van der Waals surface area contributed by atoms with Gasteiger partial charge in [-0.15, -0.1) is 0 Å². The zero-order valence-corrected chi connectivity index (χ0v) is 19.5. The second-order valence-corrected chi connectivity index (χ2v) is 8.08. The van der Waals surface area contributed by atoms with Crippen molar-refractivity contribution < 1.29 is 19.0 Å². The fraction of sp³-hybridized carbons (Fsp3) is 0.214. The Morgan fingerprint density at radius 1 is 0.941 bits per heavy atom. The highest BCUT2D eigenvalue weighted by Crippen LogP contribution is 2.37. The molecule has 1 aliphatic heterocycles. The van der Waals surface area contributed by atoms with E-state index in [1.165, 1.54) is 0 Å². The van der Waals surface area contributed by atoms with E-state index >= 15 is 0 Å². The van der Waals surface area contributed by atoms with Crippen LogP contribution in [0.5, 0.6) is 17.2 Å². The maximum atomic E-state index is 13.8. The summed E-state index contributed by atoms with van der Waals surface area (Å²) < 4.78 is 16.6. The lowest BCUT2D eigenvalue weighted by Crippen LogP contribution is -2.30. The van der Waals surface area contributed by atoms with Gasteiger partial charge in [-0.25, -0.2) is 4.98 Å². The number of rotatable bonds is 6. The molecule has 0 spiro atoms. The average Bonchev–Trinajstić information content (AvgIpc) is 3.31. The van der Waals surface area contributed by atoms with Crippen molar-refractivity contribution in [1.29, 1.82) is 0 Å². The molecule has 4 aromatic rings. The maximum Gasteiger partial charge on any atom is 0.263 e. The number of hydrogen-bond donors (Lipinski definition) is 0. The molecule has 5 rings (SSSR count). The lowest BCUT2D eigenvalue weighted by molar-refractivity contribution is 0.0986. The molecule has 1 amide bonds. The SMILES string of the molecule is CCOc1ccc2ccccc2c1C(=O)N1CCc2cc(-c3ccc(OC)c(OC)c3)cnc21. The fourth-order valence-corrected chi connectivity index (χ4v) is 4.52. The molecule has 6 nitrogen and oxygen atoms in total. The molecule has 0 bridgehead atoms. The minimum Gasteiger partial charge on any atom is -0.493 e. The van der Waals surface area contributed by atoms with E-state index in [0.717, 1.165) is 33.9 Å². The first-order valence-electron chi connectivity index (χ1n) is 11.3. The molecule has 0 radical (unpaired) electrons. The fourth-order valence-electron chi connectivity index (χ4n) is 4.52. The Labute approximate surface area is 198 Å². The van der Waals surface area contributed by atoms with Gasteiger partial charge in [0.25, 0.3) is 5.91 Å². The van der Waals surface area contributed by atoms with Crippen LogP contribution in [0, 0.1) is 0 Å². The number of fused-ring (bicyclic) bond motifs is 2. The number of carbonyl (C=O) groups excluding carboxylic acids is 1. The normalized spacial score (nSPS) is 12.5. The molecule has 0 saturated heterocycles. The Hall–Kier alpha value is -4.06. The first-order valence-corrected chi connectivity index (χ1v) is 11.3. The van der Waals surface area contributed by atoms with Gasteiger partial charge in [-0.3, -0.25) is 9.69 Å². The van der Waals surface area contributed by atoms with Crippen molar-refractivity contribution in [2.24, 2.45) is 0 Å². The summed E-state index contributed by atoms with van der Waals surface area (Å²) >= 11 is 0. The van der Waals surface area contributed by atoms with E-state index in [1.807, 2.05) is 61.5 Å². The summed E-state index contributed by atoms with van der Waals surface area (Å²) in [5.74, 6) is 2.55. The first-order chi connectivity index (χ1) is 16.6. The van der Waals surface area contributed by atoms with Crippen molar-refractivity contribution in [2.45, 2.75) is 13.3 Å². The number of amides is 1. The van der Waals surface area contributed by atoms with Crippen LogP contribution in [0.1, 0.15) is 22.8 Å². The van der Waals surface area contributed by atoms with Crippen LogP contribution in [0.25, 0.3) is 21.9 Å². The lowest BCUT2D eigenvalue weighted by atomic mass is 10.0. The number of benzene rings is 3. The molecule has 172 valence electrons. The van der Waals surface area contributed by atoms with E-state index in [4.69, 9.17) is 19.2 Å². The number of aromatic nitrogens is 1. The minimum atomic E-state index is -0.0923. The molecule has 0 unspecified atom stereocenters. The molecule has 1 aromatic heterocycles. The van der Waals surface area contributed by atoms with Gasteiger partial charge >= 0.3 is 0 Å². The van der Waals surface area contributed by atoms with E-state index in [0.29, 0.717) is 41.8 Å². The third-order valence-electron chi connectivity index (χ3n) is 6.17. The largest absolute Gasteiger partial charge is 0.493 e. The van der Waals surface area contributed by atoms with Crippen LogP contribution in [0.2, 0.25) is 0 Å². The van der Waals surface area contributed by atoms with Gasteiger partial charge in [0.05, 0.1) is 26.4 Å². The smallest absolute Gasteiger partial charge is 0.263 e. The van der Waals surface area contributed by atoms with Crippen molar-refractivity contribution in [3.63, 3.8) is 0 Å². The van der Waals surface area contributed by atoms with Gasteiger partial charge in [-0.2, -0.15) is 0 Å². The molecule has 34 heavy (non-hydrogen) atoms. The predicted octanol–water partition coefficient (Wildman–Crippen LogP) is 5.52. The van der Waals surface area contributed by atoms with Crippen LogP contribution in [-0.2, 0) is 6.42 Å². The standard InChI is InChI=1S/C28H26N2O4/c1-4-34-24-12-9-18-7-5-6-8-22(18)26(24)28(31)30-14-13-20-15-21(17-29-27(20)30)19-10-11-23(32-2)25(16-19)33-3/h5-12,15-17H,4,13-14H2,1-3H3. The van der Waals surface area contributed by atoms with E-state index in [-0.39, 0.29) is 5.91 Å². The molecule has 0 saturated carbocycles. The molecular weight excluding hydrogens is 428 g/mol. The molecule has 1 aliphatic rings. The monoisotopic (exact) mass is 454 g/mol. The van der Waals surface area contributed by atoms with Crippen LogP contribution < -0.4 is 19.1 Å².